The number of hydrogen-bond acceptors (Lipinski definition) is 6. The van der Waals surface area contributed by atoms with Crippen molar-refractivity contribution in [1.82, 2.24) is 0 Å². The first-order valence-electron chi connectivity index (χ1n) is 11.0. The Kier molecular flexibility index (Phi) is 7.49. The van der Waals surface area contributed by atoms with Crippen molar-refractivity contribution in [3.05, 3.63) is 83.2 Å². The molecule has 1 aliphatic heterocycles. The summed E-state index contributed by atoms with van der Waals surface area (Å²) in [4.78, 5) is 13.9. The molecular formula is C26H27FN2O5. The van der Waals surface area contributed by atoms with Gasteiger partial charge in [-0.1, -0.05) is 24.3 Å². The monoisotopic (exact) mass is 466 g/mol. The van der Waals surface area contributed by atoms with Crippen molar-refractivity contribution >= 4 is 17.3 Å². The summed E-state index contributed by atoms with van der Waals surface area (Å²) in [5.41, 5.74) is 3.03. The maximum Gasteiger partial charge on any atom is 0.337 e. The molecule has 0 saturated carbocycles. The Morgan fingerprint density at radius 2 is 1.88 bits per heavy atom. The zero-order valence-electron chi connectivity index (χ0n) is 18.9. The number of rotatable bonds is 9. The number of aromatic carboxylic acids is 1. The Balaban J connectivity index is 1.43. The molecule has 0 bridgehead atoms. The minimum atomic E-state index is -0.969. The number of carboxylic acids is 1. The van der Waals surface area contributed by atoms with Gasteiger partial charge in [-0.05, 0) is 42.0 Å². The normalized spacial score (nSPS) is 13.4. The van der Waals surface area contributed by atoms with E-state index >= 15 is 0 Å². The fraction of sp³-hybridized carbons (Fsp3) is 0.269. The third kappa shape index (κ3) is 5.58. The lowest BCUT2D eigenvalue weighted by molar-refractivity contribution is 0.0696. The molecule has 178 valence electrons. The first-order chi connectivity index (χ1) is 16.5. The second-order valence-corrected chi connectivity index (χ2v) is 7.86. The van der Waals surface area contributed by atoms with Gasteiger partial charge >= 0.3 is 5.97 Å². The highest BCUT2D eigenvalue weighted by Gasteiger charge is 2.19. The SMILES string of the molecule is COc1cc(CNc2ccc(N3CCOCC3)c(C(=O)O)c2)ccc1OCc1ccccc1F. The Morgan fingerprint density at radius 1 is 1.09 bits per heavy atom. The molecule has 34 heavy (non-hydrogen) atoms. The summed E-state index contributed by atoms with van der Waals surface area (Å²) in [5, 5.41) is 13.0. The van der Waals surface area contributed by atoms with Crippen molar-refractivity contribution in [2.75, 3.05) is 43.6 Å². The standard InChI is InChI=1S/C26H27FN2O5/c1-32-25-14-18(6-9-24(25)34-17-19-4-2-3-5-22(19)27)16-28-20-7-8-23(21(15-20)26(30)31)29-10-12-33-13-11-29/h2-9,14-15,28H,10-13,16-17H2,1H3,(H,30,31). The molecule has 8 heteroatoms. The van der Waals surface area contributed by atoms with E-state index in [0.29, 0.717) is 61.3 Å². The highest BCUT2D eigenvalue weighted by molar-refractivity contribution is 5.95. The molecule has 3 aromatic rings. The van der Waals surface area contributed by atoms with Gasteiger partial charge in [-0.25, -0.2) is 9.18 Å². The lowest BCUT2D eigenvalue weighted by Gasteiger charge is -2.30. The van der Waals surface area contributed by atoms with Gasteiger partial charge in [-0.3, -0.25) is 0 Å². The topological polar surface area (TPSA) is 80.3 Å². The average molecular weight is 467 g/mol. The van der Waals surface area contributed by atoms with E-state index in [-0.39, 0.29) is 18.0 Å². The molecule has 0 atom stereocenters. The van der Waals surface area contributed by atoms with Crippen molar-refractivity contribution in [3.63, 3.8) is 0 Å². The average Bonchev–Trinajstić information content (AvgIpc) is 2.87. The molecule has 0 spiro atoms. The quantitative estimate of drug-likeness (QED) is 0.479. The molecule has 1 fully saturated rings. The van der Waals surface area contributed by atoms with E-state index in [1.807, 2.05) is 29.2 Å². The van der Waals surface area contributed by atoms with Gasteiger partial charge in [0, 0.05) is 30.9 Å². The van der Waals surface area contributed by atoms with Crippen LogP contribution in [0.25, 0.3) is 0 Å². The van der Waals surface area contributed by atoms with Crippen LogP contribution in [0.2, 0.25) is 0 Å². The number of carboxylic acid groups (broad SMARTS) is 1. The Morgan fingerprint density at radius 3 is 2.62 bits per heavy atom. The van der Waals surface area contributed by atoms with Crippen LogP contribution in [-0.2, 0) is 17.9 Å². The number of methoxy groups -OCH3 is 1. The first-order valence-corrected chi connectivity index (χ1v) is 11.0. The highest BCUT2D eigenvalue weighted by atomic mass is 19.1. The third-order valence-corrected chi connectivity index (χ3v) is 5.64. The molecule has 4 rings (SSSR count). The molecule has 1 saturated heterocycles. The maximum absolute atomic E-state index is 13.8. The molecule has 3 aromatic carbocycles. The molecule has 7 nitrogen and oxygen atoms in total. The Bertz CT molecular complexity index is 1150. The van der Waals surface area contributed by atoms with E-state index in [9.17, 15) is 14.3 Å². The fourth-order valence-corrected chi connectivity index (χ4v) is 3.81. The van der Waals surface area contributed by atoms with Crippen molar-refractivity contribution in [1.29, 1.82) is 0 Å². The number of ether oxygens (including phenoxy) is 3. The van der Waals surface area contributed by atoms with Gasteiger partial charge < -0.3 is 29.5 Å². The second-order valence-electron chi connectivity index (χ2n) is 7.86. The van der Waals surface area contributed by atoms with Gasteiger partial charge in [0.05, 0.1) is 31.6 Å². The van der Waals surface area contributed by atoms with E-state index < -0.39 is 5.97 Å². The minimum absolute atomic E-state index is 0.0914. The van der Waals surface area contributed by atoms with Crippen molar-refractivity contribution in [3.8, 4) is 11.5 Å². The van der Waals surface area contributed by atoms with Gasteiger partial charge in [0.15, 0.2) is 11.5 Å². The van der Waals surface area contributed by atoms with Crippen LogP contribution >= 0.6 is 0 Å². The molecule has 1 heterocycles. The summed E-state index contributed by atoms with van der Waals surface area (Å²) in [6.07, 6.45) is 0. The smallest absolute Gasteiger partial charge is 0.337 e. The summed E-state index contributed by atoms with van der Waals surface area (Å²) in [6, 6.07) is 17.3. The number of carbonyl (C=O) groups is 1. The molecule has 0 radical (unpaired) electrons. The summed E-state index contributed by atoms with van der Waals surface area (Å²) in [6.45, 7) is 3.05. The van der Waals surface area contributed by atoms with Gasteiger partial charge in [-0.2, -0.15) is 0 Å². The summed E-state index contributed by atoms with van der Waals surface area (Å²) in [5.74, 6) is -0.243. The van der Waals surface area contributed by atoms with Crippen LogP contribution in [0.3, 0.4) is 0 Å². The number of halogens is 1. The van der Waals surface area contributed by atoms with Crippen molar-refractivity contribution in [2.45, 2.75) is 13.2 Å². The van der Waals surface area contributed by atoms with Crippen LogP contribution in [0.1, 0.15) is 21.5 Å². The molecule has 0 amide bonds. The highest BCUT2D eigenvalue weighted by Crippen LogP contribution is 2.30. The van der Waals surface area contributed by atoms with Gasteiger partial charge in [-0.15, -0.1) is 0 Å². The van der Waals surface area contributed by atoms with E-state index in [1.165, 1.54) is 6.07 Å². The third-order valence-electron chi connectivity index (χ3n) is 5.64. The molecule has 0 aliphatic carbocycles. The second kappa shape index (κ2) is 10.9. The van der Waals surface area contributed by atoms with E-state index in [2.05, 4.69) is 5.32 Å². The largest absolute Gasteiger partial charge is 0.493 e. The predicted molar refractivity (Wildman–Crippen MR) is 127 cm³/mol. The predicted octanol–water partition coefficient (Wildman–Crippen LogP) is 4.56. The molecule has 0 aromatic heterocycles. The lowest BCUT2D eigenvalue weighted by Crippen LogP contribution is -2.37. The van der Waals surface area contributed by atoms with Crippen LogP contribution in [0, 0.1) is 5.82 Å². The number of morpholine rings is 1. The minimum Gasteiger partial charge on any atom is -0.493 e. The maximum atomic E-state index is 13.8. The van der Waals surface area contributed by atoms with Crippen LogP contribution in [0.4, 0.5) is 15.8 Å². The summed E-state index contributed by atoms with van der Waals surface area (Å²) < 4.78 is 30.4. The fourth-order valence-electron chi connectivity index (χ4n) is 3.81. The molecule has 2 N–H and O–H groups in total. The van der Waals surface area contributed by atoms with Crippen LogP contribution in [0.15, 0.2) is 60.7 Å². The lowest BCUT2D eigenvalue weighted by atomic mass is 10.1. The van der Waals surface area contributed by atoms with Gasteiger partial charge in [0.25, 0.3) is 0 Å². The number of nitrogens with zero attached hydrogens (tertiary/aromatic N) is 1. The first kappa shape index (κ1) is 23.4. The molecule has 1 aliphatic rings. The van der Waals surface area contributed by atoms with Gasteiger partial charge in [0.2, 0.25) is 0 Å². The van der Waals surface area contributed by atoms with Crippen molar-refractivity contribution < 1.29 is 28.5 Å². The zero-order valence-corrected chi connectivity index (χ0v) is 18.9. The van der Waals surface area contributed by atoms with Crippen LogP contribution in [0.5, 0.6) is 11.5 Å². The molecular weight excluding hydrogens is 439 g/mol. The number of nitrogens with one attached hydrogen (secondary N) is 1. The Labute approximate surface area is 197 Å². The van der Waals surface area contributed by atoms with E-state index in [1.54, 1.807) is 37.4 Å². The molecule has 0 unspecified atom stereocenters. The van der Waals surface area contributed by atoms with E-state index in [0.717, 1.165) is 5.56 Å². The van der Waals surface area contributed by atoms with Crippen LogP contribution < -0.4 is 19.7 Å². The van der Waals surface area contributed by atoms with E-state index in [4.69, 9.17) is 14.2 Å². The number of hydrogen-bond donors (Lipinski definition) is 2. The number of benzene rings is 3. The Hall–Kier alpha value is -3.78. The van der Waals surface area contributed by atoms with Crippen LogP contribution in [-0.4, -0.2) is 44.5 Å². The number of anilines is 2. The zero-order chi connectivity index (χ0) is 23.9. The van der Waals surface area contributed by atoms with Crippen molar-refractivity contribution in [2.24, 2.45) is 0 Å². The summed E-state index contributed by atoms with van der Waals surface area (Å²) >= 11 is 0. The summed E-state index contributed by atoms with van der Waals surface area (Å²) in [7, 11) is 1.55. The van der Waals surface area contributed by atoms with Gasteiger partial charge in [0.1, 0.15) is 12.4 Å².